The molecule has 2 unspecified atom stereocenters. The lowest BCUT2D eigenvalue weighted by Crippen LogP contribution is -2.24. The number of aliphatic hydroxyl groups is 2. The van der Waals surface area contributed by atoms with E-state index in [-0.39, 0.29) is 35.8 Å². The summed E-state index contributed by atoms with van der Waals surface area (Å²) in [6.07, 6.45) is -2.66. The Kier molecular flexibility index (Phi) is 5.12. The fourth-order valence-corrected chi connectivity index (χ4v) is 3.22. The lowest BCUT2D eigenvalue weighted by Gasteiger charge is -2.17. The van der Waals surface area contributed by atoms with Gasteiger partial charge in [-0.3, -0.25) is 4.79 Å². The van der Waals surface area contributed by atoms with Crippen molar-refractivity contribution in [2.24, 2.45) is 0 Å². The summed E-state index contributed by atoms with van der Waals surface area (Å²) in [5.74, 6) is -1.39. The Labute approximate surface area is 156 Å². The SMILES string of the molecule is CCOC(=O)c1c(Nc2ccc(Br)cc2F)cc(=O)n2c1C(O)C(O)C2. The molecule has 3 N–H and O–H groups in total. The third-order valence-corrected chi connectivity index (χ3v) is 4.54. The van der Waals surface area contributed by atoms with E-state index in [1.54, 1.807) is 13.0 Å². The Hall–Kier alpha value is -2.23. The monoisotopic (exact) mass is 426 g/mol. The van der Waals surface area contributed by atoms with Gasteiger partial charge >= 0.3 is 5.97 Å². The normalized spacial score (nSPS) is 18.5. The van der Waals surface area contributed by atoms with Gasteiger partial charge in [0.25, 0.3) is 5.56 Å². The van der Waals surface area contributed by atoms with Gasteiger partial charge in [-0.1, -0.05) is 15.9 Å². The van der Waals surface area contributed by atoms with Gasteiger partial charge in [-0.15, -0.1) is 0 Å². The van der Waals surface area contributed by atoms with Crippen molar-refractivity contribution in [3.8, 4) is 0 Å². The molecule has 9 heteroatoms. The third kappa shape index (κ3) is 3.25. The molecule has 138 valence electrons. The highest BCUT2D eigenvalue weighted by molar-refractivity contribution is 9.10. The summed E-state index contributed by atoms with van der Waals surface area (Å²) < 4.78 is 20.8. The Morgan fingerprint density at radius 1 is 1.38 bits per heavy atom. The topological polar surface area (TPSA) is 101 Å². The molecule has 0 amide bonds. The molecule has 0 bridgehead atoms. The summed E-state index contributed by atoms with van der Waals surface area (Å²) in [6.45, 7) is 1.54. The largest absolute Gasteiger partial charge is 0.462 e. The van der Waals surface area contributed by atoms with Crippen molar-refractivity contribution in [1.29, 1.82) is 0 Å². The predicted molar refractivity (Wildman–Crippen MR) is 95.0 cm³/mol. The molecule has 2 aromatic rings. The molecular formula is C17H16BrFN2O5. The van der Waals surface area contributed by atoms with Crippen LogP contribution in [0.1, 0.15) is 29.1 Å². The number of carbonyl (C=O) groups is 1. The Bertz CT molecular complexity index is 930. The quantitative estimate of drug-likeness (QED) is 0.647. The molecule has 0 aliphatic carbocycles. The number of ether oxygens (including phenoxy) is 1. The maximum Gasteiger partial charge on any atom is 0.342 e. The smallest absolute Gasteiger partial charge is 0.342 e. The fraction of sp³-hybridized carbons (Fsp3) is 0.294. The number of esters is 1. The van der Waals surface area contributed by atoms with Gasteiger partial charge < -0.3 is 24.8 Å². The van der Waals surface area contributed by atoms with Gasteiger partial charge in [0.2, 0.25) is 0 Å². The molecule has 1 aliphatic heterocycles. The van der Waals surface area contributed by atoms with Gasteiger partial charge in [0.05, 0.1) is 30.2 Å². The third-order valence-electron chi connectivity index (χ3n) is 4.04. The lowest BCUT2D eigenvalue weighted by molar-refractivity contribution is 0.0293. The van der Waals surface area contributed by atoms with E-state index in [1.165, 1.54) is 12.1 Å². The molecule has 0 radical (unpaired) electrons. The first-order valence-electron chi connectivity index (χ1n) is 7.86. The average molecular weight is 427 g/mol. The van der Waals surface area contributed by atoms with Gasteiger partial charge in [-0.25, -0.2) is 9.18 Å². The molecule has 0 saturated heterocycles. The van der Waals surface area contributed by atoms with Gasteiger partial charge in [0, 0.05) is 10.5 Å². The highest BCUT2D eigenvalue weighted by Gasteiger charge is 2.36. The van der Waals surface area contributed by atoms with E-state index in [1.807, 2.05) is 0 Å². The molecule has 1 aliphatic rings. The molecule has 0 saturated carbocycles. The van der Waals surface area contributed by atoms with Crippen LogP contribution in [-0.2, 0) is 11.3 Å². The molecule has 1 aromatic carbocycles. The number of anilines is 2. The summed E-state index contributed by atoms with van der Waals surface area (Å²) in [4.78, 5) is 24.8. The number of nitrogens with one attached hydrogen (secondary N) is 1. The molecule has 2 heterocycles. The highest BCUT2D eigenvalue weighted by atomic mass is 79.9. The maximum atomic E-state index is 14.1. The second kappa shape index (κ2) is 7.18. The van der Waals surface area contributed by atoms with Crippen LogP contribution in [0.4, 0.5) is 15.8 Å². The summed E-state index contributed by atoms with van der Waals surface area (Å²) >= 11 is 3.15. The minimum atomic E-state index is -1.43. The zero-order valence-electron chi connectivity index (χ0n) is 13.7. The number of fused-ring (bicyclic) bond motifs is 1. The van der Waals surface area contributed by atoms with Gasteiger partial charge in [0.1, 0.15) is 23.6 Å². The summed E-state index contributed by atoms with van der Waals surface area (Å²) in [6, 6.07) is 5.37. The summed E-state index contributed by atoms with van der Waals surface area (Å²) in [7, 11) is 0. The number of carbonyl (C=O) groups excluding carboxylic acids is 1. The van der Waals surface area contributed by atoms with Crippen LogP contribution in [0, 0.1) is 5.82 Å². The van der Waals surface area contributed by atoms with Crippen molar-refractivity contribution in [2.45, 2.75) is 25.7 Å². The van der Waals surface area contributed by atoms with Crippen LogP contribution in [0.5, 0.6) is 0 Å². The standard InChI is InChI=1S/C17H16BrFN2O5/c1-2-26-17(25)14-11(20-10-4-3-8(18)5-9(10)19)6-13(23)21-7-12(22)16(24)15(14)21/h3-6,12,16,20,22,24H,2,7H2,1H3. The minimum Gasteiger partial charge on any atom is -0.462 e. The van der Waals surface area contributed by atoms with E-state index in [4.69, 9.17) is 4.74 Å². The van der Waals surface area contributed by atoms with Crippen molar-refractivity contribution in [2.75, 3.05) is 11.9 Å². The summed E-state index contributed by atoms with van der Waals surface area (Å²) in [5, 5.41) is 22.8. The first kappa shape index (κ1) is 18.6. The van der Waals surface area contributed by atoms with Crippen molar-refractivity contribution in [3.05, 3.63) is 56.2 Å². The van der Waals surface area contributed by atoms with Gasteiger partial charge in [0.15, 0.2) is 0 Å². The summed E-state index contributed by atoms with van der Waals surface area (Å²) in [5.41, 5.74) is -0.671. The zero-order chi connectivity index (χ0) is 19.0. The lowest BCUT2D eigenvalue weighted by atomic mass is 10.1. The highest BCUT2D eigenvalue weighted by Crippen LogP contribution is 2.33. The van der Waals surface area contributed by atoms with Crippen LogP contribution < -0.4 is 10.9 Å². The fourth-order valence-electron chi connectivity index (χ4n) is 2.88. The molecule has 1 aromatic heterocycles. The first-order valence-corrected chi connectivity index (χ1v) is 8.65. The number of rotatable bonds is 4. The van der Waals surface area contributed by atoms with E-state index < -0.39 is 29.6 Å². The number of halogens is 2. The van der Waals surface area contributed by atoms with Crippen LogP contribution >= 0.6 is 15.9 Å². The molecule has 3 rings (SSSR count). The number of pyridine rings is 1. The molecule has 0 fully saturated rings. The Balaban J connectivity index is 2.17. The van der Waals surface area contributed by atoms with Gasteiger partial charge in [-0.05, 0) is 25.1 Å². The number of hydrogen-bond donors (Lipinski definition) is 3. The number of nitrogens with zero attached hydrogens (tertiary/aromatic N) is 1. The number of hydrogen-bond acceptors (Lipinski definition) is 6. The number of benzene rings is 1. The van der Waals surface area contributed by atoms with E-state index in [0.717, 1.165) is 10.6 Å². The van der Waals surface area contributed by atoms with Crippen LogP contribution in [0.3, 0.4) is 0 Å². The van der Waals surface area contributed by atoms with Crippen molar-refractivity contribution >= 4 is 33.3 Å². The predicted octanol–water partition coefficient (Wildman–Crippen LogP) is 2.08. The Morgan fingerprint density at radius 3 is 2.77 bits per heavy atom. The van der Waals surface area contributed by atoms with E-state index in [2.05, 4.69) is 21.2 Å². The van der Waals surface area contributed by atoms with Crippen LogP contribution in [0.25, 0.3) is 0 Å². The number of aliphatic hydroxyl groups excluding tert-OH is 2. The molecule has 7 nitrogen and oxygen atoms in total. The molecule has 0 spiro atoms. The van der Waals surface area contributed by atoms with Crippen LogP contribution in [0.2, 0.25) is 0 Å². The van der Waals surface area contributed by atoms with Gasteiger partial charge in [-0.2, -0.15) is 0 Å². The first-order chi connectivity index (χ1) is 12.3. The minimum absolute atomic E-state index is 0.00549. The molecule has 2 atom stereocenters. The second-order valence-corrected chi connectivity index (χ2v) is 6.66. The molecule has 26 heavy (non-hydrogen) atoms. The van der Waals surface area contributed by atoms with E-state index in [9.17, 15) is 24.2 Å². The van der Waals surface area contributed by atoms with E-state index >= 15 is 0 Å². The van der Waals surface area contributed by atoms with Crippen molar-refractivity contribution in [3.63, 3.8) is 0 Å². The average Bonchev–Trinajstić information content (AvgIpc) is 2.87. The maximum absolute atomic E-state index is 14.1. The van der Waals surface area contributed by atoms with E-state index in [0.29, 0.717) is 4.47 Å². The molecular weight excluding hydrogens is 411 g/mol. The second-order valence-electron chi connectivity index (χ2n) is 5.75. The van der Waals surface area contributed by atoms with Crippen molar-refractivity contribution in [1.82, 2.24) is 4.57 Å². The van der Waals surface area contributed by atoms with Crippen LogP contribution in [0.15, 0.2) is 33.5 Å². The zero-order valence-corrected chi connectivity index (χ0v) is 15.3. The number of aromatic nitrogens is 1. The van der Waals surface area contributed by atoms with Crippen LogP contribution in [-0.4, -0.2) is 33.5 Å². The Morgan fingerprint density at radius 2 is 2.12 bits per heavy atom. The van der Waals surface area contributed by atoms with Crippen molar-refractivity contribution < 1.29 is 24.1 Å².